The maximum atomic E-state index is 5.71. The third kappa shape index (κ3) is 5.62. The van der Waals surface area contributed by atoms with Gasteiger partial charge in [0.2, 0.25) is 0 Å². The third-order valence-corrected chi connectivity index (χ3v) is 3.68. The van der Waals surface area contributed by atoms with Crippen LogP contribution in [0.2, 0.25) is 0 Å². The van der Waals surface area contributed by atoms with Crippen molar-refractivity contribution in [1.29, 1.82) is 0 Å². The number of nitrogens with one attached hydrogen (secondary N) is 1. The van der Waals surface area contributed by atoms with Crippen LogP contribution in [-0.4, -0.2) is 16.4 Å². The summed E-state index contributed by atoms with van der Waals surface area (Å²) < 4.78 is 7.78. The second kappa shape index (κ2) is 8.61. The first kappa shape index (κ1) is 17.4. The molecule has 0 fully saturated rings. The minimum absolute atomic E-state index is 0.544. The number of ether oxygens (including phenoxy) is 1. The molecular weight excluding hydrogens is 286 g/mol. The topological polar surface area (TPSA) is 39.1 Å². The van der Waals surface area contributed by atoms with E-state index in [1.807, 2.05) is 12.1 Å². The number of hydrogen-bond acceptors (Lipinski definition) is 3. The summed E-state index contributed by atoms with van der Waals surface area (Å²) in [4.78, 5) is 0. The molecule has 0 aliphatic carbocycles. The maximum absolute atomic E-state index is 5.71. The number of unbranched alkanes of at least 4 members (excludes halogenated alkanes) is 1. The molecular formula is C19H29N3O. The fraction of sp³-hybridized carbons (Fsp3) is 0.526. The first-order chi connectivity index (χ1) is 11.1. The SMILES string of the molecule is CCCCn1nc(NCc2ccc(OCC(C)C)cc2)cc1C. The summed E-state index contributed by atoms with van der Waals surface area (Å²) in [5.74, 6) is 2.42. The van der Waals surface area contributed by atoms with Crippen LogP contribution in [0.15, 0.2) is 30.3 Å². The van der Waals surface area contributed by atoms with Crippen molar-refractivity contribution in [3.05, 3.63) is 41.6 Å². The Bertz CT molecular complexity index is 587. The van der Waals surface area contributed by atoms with Crippen LogP contribution in [0.3, 0.4) is 0 Å². The van der Waals surface area contributed by atoms with E-state index in [9.17, 15) is 0 Å². The van der Waals surface area contributed by atoms with Gasteiger partial charge in [-0.15, -0.1) is 0 Å². The van der Waals surface area contributed by atoms with Gasteiger partial charge in [-0.25, -0.2) is 0 Å². The van der Waals surface area contributed by atoms with Gasteiger partial charge in [0.25, 0.3) is 0 Å². The maximum Gasteiger partial charge on any atom is 0.148 e. The van der Waals surface area contributed by atoms with Crippen molar-refractivity contribution in [3.8, 4) is 5.75 Å². The van der Waals surface area contributed by atoms with Crippen LogP contribution in [0.5, 0.6) is 5.75 Å². The van der Waals surface area contributed by atoms with Crippen LogP contribution in [-0.2, 0) is 13.1 Å². The van der Waals surface area contributed by atoms with E-state index in [1.54, 1.807) is 0 Å². The molecule has 0 aliphatic heterocycles. The molecule has 0 amide bonds. The van der Waals surface area contributed by atoms with Gasteiger partial charge in [0.15, 0.2) is 0 Å². The molecule has 4 nitrogen and oxygen atoms in total. The number of anilines is 1. The van der Waals surface area contributed by atoms with Gasteiger partial charge in [-0.1, -0.05) is 39.3 Å². The molecule has 0 aliphatic rings. The molecule has 1 aromatic heterocycles. The molecule has 2 rings (SSSR count). The Hall–Kier alpha value is -1.97. The molecule has 1 N–H and O–H groups in total. The van der Waals surface area contributed by atoms with Gasteiger partial charge in [0, 0.05) is 24.8 Å². The number of rotatable bonds is 9. The number of aromatic nitrogens is 2. The third-order valence-electron chi connectivity index (χ3n) is 3.68. The van der Waals surface area contributed by atoms with E-state index in [-0.39, 0.29) is 0 Å². The van der Waals surface area contributed by atoms with Crippen molar-refractivity contribution >= 4 is 5.82 Å². The molecule has 0 radical (unpaired) electrons. The lowest BCUT2D eigenvalue weighted by Crippen LogP contribution is -2.05. The molecule has 0 bridgehead atoms. The summed E-state index contributed by atoms with van der Waals surface area (Å²) in [6.07, 6.45) is 2.35. The van der Waals surface area contributed by atoms with Gasteiger partial charge in [-0.3, -0.25) is 4.68 Å². The Labute approximate surface area is 139 Å². The Morgan fingerprint density at radius 1 is 1.22 bits per heavy atom. The highest BCUT2D eigenvalue weighted by molar-refractivity contribution is 5.37. The van der Waals surface area contributed by atoms with E-state index in [1.165, 1.54) is 24.1 Å². The van der Waals surface area contributed by atoms with E-state index < -0.39 is 0 Å². The van der Waals surface area contributed by atoms with Gasteiger partial charge < -0.3 is 10.1 Å². The first-order valence-electron chi connectivity index (χ1n) is 8.58. The van der Waals surface area contributed by atoms with Crippen LogP contribution in [0.1, 0.15) is 44.9 Å². The average molecular weight is 315 g/mol. The minimum Gasteiger partial charge on any atom is -0.493 e. The summed E-state index contributed by atoms with van der Waals surface area (Å²) in [6.45, 7) is 11.1. The van der Waals surface area contributed by atoms with E-state index in [0.717, 1.165) is 31.3 Å². The lowest BCUT2D eigenvalue weighted by molar-refractivity contribution is 0.271. The van der Waals surface area contributed by atoms with Crippen molar-refractivity contribution in [2.24, 2.45) is 5.92 Å². The number of benzene rings is 1. The molecule has 0 atom stereocenters. The molecule has 0 saturated heterocycles. The molecule has 0 unspecified atom stereocenters. The lowest BCUT2D eigenvalue weighted by Gasteiger charge is -2.09. The van der Waals surface area contributed by atoms with E-state index >= 15 is 0 Å². The van der Waals surface area contributed by atoms with Gasteiger partial charge in [-0.05, 0) is 37.0 Å². The quantitative estimate of drug-likeness (QED) is 0.733. The first-order valence-corrected chi connectivity index (χ1v) is 8.58. The zero-order valence-electron chi connectivity index (χ0n) is 14.8. The predicted octanol–water partition coefficient (Wildman–Crippen LogP) is 4.64. The Morgan fingerprint density at radius 2 is 1.96 bits per heavy atom. The Balaban J connectivity index is 1.85. The average Bonchev–Trinajstić information content (AvgIpc) is 2.90. The van der Waals surface area contributed by atoms with Crippen LogP contribution in [0.4, 0.5) is 5.82 Å². The molecule has 4 heteroatoms. The summed E-state index contributed by atoms with van der Waals surface area (Å²) >= 11 is 0. The van der Waals surface area contributed by atoms with E-state index in [2.05, 4.69) is 61.0 Å². The minimum atomic E-state index is 0.544. The van der Waals surface area contributed by atoms with Gasteiger partial charge >= 0.3 is 0 Å². The van der Waals surface area contributed by atoms with Crippen molar-refractivity contribution in [3.63, 3.8) is 0 Å². The smallest absolute Gasteiger partial charge is 0.148 e. The summed E-state index contributed by atoms with van der Waals surface area (Å²) in [5, 5.41) is 8.01. The fourth-order valence-corrected chi connectivity index (χ4v) is 2.29. The predicted molar refractivity (Wildman–Crippen MR) is 96.0 cm³/mol. The van der Waals surface area contributed by atoms with Crippen LogP contribution < -0.4 is 10.1 Å². The zero-order chi connectivity index (χ0) is 16.7. The monoisotopic (exact) mass is 315 g/mol. The zero-order valence-corrected chi connectivity index (χ0v) is 14.8. The molecule has 2 aromatic rings. The molecule has 1 aromatic carbocycles. The van der Waals surface area contributed by atoms with Crippen molar-refractivity contribution in [1.82, 2.24) is 9.78 Å². The normalized spacial score (nSPS) is 11.0. The number of aryl methyl sites for hydroxylation is 2. The van der Waals surface area contributed by atoms with Gasteiger partial charge in [0.05, 0.1) is 6.61 Å². The van der Waals surface area contributed by atoms with Crippen LogP contribution in [0.25, 0.3) is 0 Å². The standard InChI is InChI=1S/C19H29N3O/c1-5-6-11-22-16(4)12-19(21-22)20-13-17-7-9-18(10-8-17)23-14-15(2)3/h7-10,12,15H,5-6,11,13-14H2,1-4H3,(H,20,21). The van der Waals surface area contributed by atoms with Crippen molar-refractivity contribution < 1.29 is 4.74 Å². The second-order valence-electron chi connectivity index (χ2n) is 6.45. The molecule has 0 saturated carbocycles. The molecule has 126 valence electrons. The second-order valence-corrected chi connectivity index (χ2v) is 6.45. The van der Waals surface area contributed by atoms with E-state index in [0.29, 0.717) is 5.92 Å². The van der Waals surface area contributed by atoms with Crippen LogP contribution in [0, 0.1) is 12.8 Å². The highest BCUT2D eigenvalue weighted by Gasteiger charge is 2.04. The molecule has 0 spiro atoms. The summed E-state index contributed by atoms with van der Waals surface area (Å²) in [5.41, 5.74) is 2.43. The largest absolute Gasteiger partial charge is 0.493 e. The Morgan fingerprint density at radius 3 is 2.61 bits per heavy atom. The highest BCUT2D eigenvalue weighted by Crippen LogP contribution is 2.15. The lowest BCUT2D eigenvalue weighted by atomic mass is 10.2. The summed E-state index contributed by atoms with van der Waals surface area (Å²) in [7, 11) is 0. The number of hydrogen-bond donors (Lipinski definition) is 1. The van der Waals surface area contributed by atoms with Crippen molar-refractivity contribution in [2.75, 3.05) is 11.9 Å². The number of nitrogens with zero attached hydrogens (tertiary/aromatic N) is 2. The summed E-state index contributed by atoms with van der Waals surface area (Å²) in [6, 6.07) is 10.4. The van der Waals surface area contributed by atoms with Crippen molar-refractivity contribution in [2.45, 2.75) is 53.6 Å². The molecule has 23 heavy (non-hydrogen) atoms. The van der Waals surface area contributed by atoms with Gasteiger partial charge in [-0.2, -0.15) is 5.10 Å². The fourth-order valence-electron chi connectivity index (χ4n) is 2.29. The van der Waals surface area contributed by atoms with Gasteiger partial charge in [0.1, 0.15) is 11.6 Å². The van der Waals surface area contributed by atoms with Crippen LogP contribution >= 0.6 is 0 Å². The Kier molecular flexibility index (Phi) is 6.51. The van der Waals surface area contributed by atoms with E-state index in [4.69, 9.17) is 4.74 Å². The highest BCUT2D eigenvalue weighted by atomic mass is 16.5. The molecule has 1 heterocycles.